The van der Waals surface area contributed by atoms with Crippen LogP contribution in [0.1, 0.15) is 23.2 Å². The molecule has 2 rings (SSSR count). The Labute approximate surface area is 171 Å². The molecule has 0 atom stereocenters. The standard InChI is InChI=1S/C20H20ClF2N3O3/c1-26(12-18(27)25-15-5-2-4-13(21)10-15)19(28)6-3-9-24-20(29)16-8-7-14(22)11-17(16)23/h2,4-5,7-8,10-11H,3,6,9,12H2,1H3,(H,24,29)(H,25,27). The normalized spacial score (nSPS) is 10.3. The lowest BCUT2D eigenvalue weighted by molar-refractivity contribution is -0.133. The van der Waals surface area contributed by atoms with E-state index < -0.39 is 17.5 Å². The fraction of sp³-hybridized carbons (Fsp3) is 0.250. The van der Waals surface area contributed by atoms with Gasteiger partial charge >= 0.3 is 0 Å². The minimum absolute atomic E-state index is 0.0904. The van der Waals surface area contributed by atoms with Gasteiger partial charge in [-0.3, -0.25) is 14.4 Å². The molecule has 0 saturated heterocycles. The van der Waals surface area contributed by atoms with Crippen LogP contribution in [0, 0.1) is 11.6 Å². The summed E-state index contributed by atoms with van der Waals surface area (Å²) in [4.78, 5) is 37.2. The molecule has 0 saturated carbocycles. The smallest absolute Gasteiger partial charge is 0.254 e. The van der Waals surface area contributed by atoms with E-state index in [-0.39, 0.29) is 36.9 Å². The number of rotatable bonds is 8. The van der Waals surface area contributed by atoms with Crippen molar-refractivity contribution in [1.82, 2.24) is 10.2 Å². The molecule has 0 spiro atoms. The van der Waals surface area contributed by atoms with Crippen molar-refractivity contribution in [2.45, 2.75) is 12.8 Å². The summed E-state index contributed by atoms with van der Waals surface area (Å²) in [6, 6.07) is 9.31. The second-order valence-electron chi connectivity index (χ2n) is 6.29. The summed E-state index contributed by atoms with van der Waals surface area (Å²) in [6.07, 6.45) is 0.390. The van der Waals surface area contributed by atoms with E-state index in [2.05, 4.69) is 10.6 Å². The molecule has 2 aromatic carbocycles. The highest BCUT2D eigenvalue weighted by Crippen LogP contribution is 2.14. The van der Waals surface area contributed by atoms with E-state index in [1.54, 1.807) is 24.3 Å². The van der Waals surface area contributed by atoms with Crippen LogP contribution >= 0.6 is 11.6 Å². The molecule has 29 heavy (non-hydrogen) atoms. The van der Waals surface area contributed by atoms with Crippen LogP contribution < -0.4 is 10.6 Å². The lowest BCUT2D eigenvalue weighted by Crippen LogP contribution is -2.35. The van der Waals surface area contributed by atoms with Crippen LogP contribution in [0.5, 0.6) is 0 Å². The molecule has 2 aromatic rings. The van der Waals surface area contributed by atoms with Gasteiger partial charge in [0.1, 0.15) is 11.6 Å². The van der Waals surface area contributed by atoms with Crippen molar-refractivity contribution < 1.29 is 23.2 Å². The maximum Gasteiger partial charge on any atom is 0.254 e. The van der Waals surface area contributed by atoms with Gasteiger partial charge in [-0.1, -0.05) is 17.7 Å². The molecule has 0 fully saturated rings. The van der Waals surface area contributed by atoms with E-state index >= 15 is 0 Å². The van der Waals surface area contributed by atoms with Crippen LogP contribution in [-0.2, 0) is 9.59 Å². The SMILES string of the molecule is CN(CC(=O)Nc1cccc(Cl)c1)C(=O)CCCNC(=O)c1ccc(F)cc1F. The van der Waals surface area contributed by atoms with Gasteiger partial charge in [0.25, 0.3) is 5.91 Å². The third-order valence-corrected chi connectivity index (χ3v) is 4.18. The number of hydrogen-bond donors (Lipinski definition) is 2. The molecule has 6 nitrogen and oxygen atoms in total. The zero-order valence-corrected chi connectivity index (χ0v) is 16.4. The van der Waals surface area contributed by atoms with Gasteiger partial charge in [0.2, 0.25) is 11.8 Å². The Balaban J connectivity index is 1.71. The van der Waals surface area contributed by atoms with Crippen molar-refractivity contribution in [1.29, 1.82) is 0 Å². The monoisotopic (exact) mass is 423 g/mol. The third-order valence-electron chi connectivity index (χ3n) is 3.94. The van der Waals surface area contributed by atoms with Crippen molar-refractivity contribution in [2.75, 3.05) is 25.5 Å². The number of nitrogens with zero attached hydrogens (tertiary/aromatic N) is 1. The van der Waals surface area contributed by atoms with E-state index in [4.69, 9.17) is 11.6 Å². The summed E-state index contributed by atoms with van der Waals surface area (Å²) in [5.41, 5.74) is 0.256. The first-order valence-corrected chi connectivity index (χ1v) is 9.16. The number of hydrogen-bond acceptors (Lipinski definition) is 3. The molecule has 3 amide bonds. The van der Waals surface area contributed by atoms with Crippen LogP contribution in [0.4, 0.5) is 14.5 Å². The molecule has 0 aliphatic rings. The fourth-order valence-electron chi connectivity index (χ4n) is 2.47. The predicted molar refractivity (Wildman–Crippen MR) is 106 cm³/mol. The molecule has 0 aliphatic heterocycles. The van der Waals surface area contributed by atoms with Gasteiger partial charge in [-0.25, -0.2) is 8.78 Å². The van der Waals surface area contributed by atoms with Gasteiger partial charge in [0.05, 0.1) is 12.1 Å². The first kappa shape index (κ1) is 22.3. The molecular formula is C20H20ClF2N3O3. The first-order chi connectivity index (χ1) is 13.8. The molecule has 0 bridgehead atoms. The Morgan fingerprint density at radius 3 is 2.55 bits per heavy atom. The van der Waals surface area contributed by atoms with E-state index in [1.807, 2.05) is 0 Å². The maximum absolute atomic E-state index is 13.5. The van der Waals surface area contributed by atoms with Crippen molar-refractivity contribution in [3.8, 4) is 0 Å². The fourth-order valence-corrected chi connectivity index (χ4v) is 2.66. The number of halogens is 3. The summed E-state index contributed by atoms with van der Waals surface area (Å²) in [5.74, 6) is -3.07. The molecule has 0 aromatic heterocycles. The van der Waals surface area contributed by atoms with Crippen LogP contribution in [-0.4, -0.2) is 42.8 Å². The Morgan fingerprint density at radius 1 is 1.10 bits per heavy atom. The lowest BCUT2D eigenvalue weighted by atomic mass is 10.2. The molecule has 0 radical (unpaired) electrons. The Hall–Kier alpha value is -3.00. The second kappa shape index (κ2) is 10.5. The van der Waals surface area contributed by atoms with E-state index in [0.717, 1.165) is 12.1 Å². The maximum atomic E-state index is 13.5. The first-order valence-electron chi connectivity index (χ1n) is 8.79. The number of anilines is 1. The van der Waals surface area contributed by atoms with Crippen LogP contribution in [0.3, 0.4) is 0 Å². The van der Waals surface area contributed by atoms with Gasteiger partial charge in [-0.15, -0.1) is 0 Å². The van der Waals surface area contributed by atoms with Crippen LogP contribution in [0.15, 0.2) is 42.5 Å². The summed E-state index contributed by atoms with van der Waals surface area (Å²) in [6.45, 7) is -0.0115. The minimum Gasteiger partial charge on any atom is -0.352 e. The number of carbonyl (C=O) groups excluding carboxylic acids is 3. The average Bonchev–Trinajstić information content (AvgIpc) is 2.64. The lowest BCUT2D eigenvalue weighted by Gasteiger charge is -2.17. The molecular weight excluding hydrogens is 404 g/mol. The largest absolute Gasteiger partial charge is 0.352 e. The molecule has 154 valence electrons. The van der Waals surface area contributed by atoms with Crippen LogP contribution in [0.25, 0.3) is 0 Å². The number of likely N-dealkylation sites (N-methyl/N-ethyl adjacent to an activating group) is 1. The highest BCUT2D eigenvalue weighted by Gasteiger charge is 2.15. The van der Waals surface area contributed by atoms with Gasteiger partial charge in [0.15, 0.2) is 0 Å². The highest BCUT2D eigenvalue weighted by atomic mass is 35.5. The number of carbonyl (C=O) groups is 3. The summed E-state index contributed by atoms with van der Waals surface area (Å²) in [5, 5.41) is 5.59. The minimum atomic E-state index is -0.955. The topological polar surface area (TPSA) is 78.5 Å². The third kappa shape index (κ3) is 7.15. The van der Waals surface area contributed by atoms with Crippen molar-refractivity contribution in [3.63, 3.8) is 0 Å². The van der Waals surface area contributed by atoms with Crippen LogP contribution in [0.2, 0.25) is 5.02 Å². The zero-order chi connectivity index (χ0) is 21.4. The molecule has 9 heteroatoms. The van der Waals surface area contributed by atoms with Crippen molar-refractivity contribution in [3.05, 3.63) is 64.7 Å². The summed E-state index contributed by atoms with van der Waals surface area (Å²) in [7, 11) is 1.49. The molecule has 0 unspecified atom stereocenters. The number of amides is 3. The average molecular weight is 424 g/mol. The van der Waals surface area contributed by atoms with Crippen molar-refractivity contribution in [2.24, 2.45) is 0 Å². The Morgan fingerprint density at radius 2 is 1.86 bits per heavy atom. The molecule has 2 N–H and O–H groups in total. The number of benzene rings is 2. The predicted octanol–water partition coefficient (Wildman–Crippen LogP) is 3.23. The van der Waals surface area contributed by atoms with E-state index in [9.17, 15) is 23.2 Å². The van der Waals surface area contributed by atoms with Gasteiger partial charge in [-0.2, -0.15) is 0 Å². The van der Waals surface area contributed by atoms with Crippen molar-refractivity contribution >= 4 is 35.0 Å². The second-order valence-corrected chi connectivity index (χ2v) is 6.73. The highest BCUT2D eigenvalue weighted by molar-refractivity contribution is 6.30. The quantitative estimate of drug-likeness (QED) is 0.640. The van der Waals surface area contributed by atoms with Gasteiger partial charge in [0, 0.05) is 36.8 Å². The van der Waals surface area contributed by atoms with Gasteiger partial charge < -0.3 is 15.5 Å². The zero-order valence-electron chi connectivity index (χ0n) is 15.7. The Bertz CT molecular complexity index is 908. The Kier molecular flexibility index (Phi) is 8.09. The molecule has 0 aliphatic carbocycles. The van der Waals surface area contributed by atoms with E-state index in [1.165, 1.54) is 11.9 Å². The number of nitrogens with one attached hydrogen (secondary N) is 2. The van der Waals surface area contributed by atoms with Gasteiger partial charge in [-0.05, 0) is 36.8 Å². The van der Waals surface area contributed by atoms with E-state index in [0.29, 0.717) is 23.2 Å². The molecule has 0 heterocycles. The summed E-state index contributed by atoms with van der Waals surface area (Å²) < 4.78 is 26.4. The summed E-state index contributed by atoms with van der Waals surface area (Å²) >= 11 is 5.85.